The molecule has 0 aliphatic carbocycles. The molecule has 1 aliphatic heterocycles. The van der Waals surface area contributed by atoms with Gasteiger partial charge in [0.15, 0.2) is 0 Å². The monoisotopic (exact) mass is 255 g/mol. The van der Waals surface area contributed by atoms with Crippen LogP contribution in [-0.2, 0) is 10.0 Å². The van der Waals surface area contributed by atoms with Gasteiger partial charge >= 0.3 is 0 Å². The van der Waals surface area contributed by atoms with Crippen molar-refractivity contribution in [2.75, 3.05) is 24.6 Å². The number of benzene rings is 1. The lowest BCUT2D eigenvalue weighted by Gasteiger charge is -2.17. The van der Waals surface area contributed by atoms with Gasteiger partial charge in [0.1, 0.15) is 4.90 Å². The molecule has 94 valence electrons. The van der Waals surface area contributed by atoms with Crippen LogP contribution >= 0.6 is 0 Å². The maximum Gasteiger partial charge on any atom is 0.245 e. The van der Waals surface area contributed by atoms with Crippen LogP contribution in [0.15, 0.2) is 17.0 Å². The van der Waals surface area contributed by atoms with Gasteiger partial charge in [-0.2, -0.15) is 4.31 Å². The minimum Gasteiger partial charge on any atom is -0.398 e. The molecule has 0 bridgehead atoms. The fraction of sp³-hybridized carbons (Fsp3) is 0.455. The van der Waals surface area contributed by atoms with Crippen LogP contribution in [0, 0.1) is 6.92 Å². The second-order valence-corrected chi connectivity index (χ2v) is 6.26. The molecule has 0 amide bonds. The van der Waals surface area contributed by atoms with Gasteiger partial charge in [-0.1, -0.05) is 0 Å². The van der Waals surface area contributed by atoms with E-state index in [-0.39, 0.29) is 10.6 Å². The summed E-state index contributed by atoms with van der Waals surface area (Å²) in [5, 5.41) is 0. The van der Waals surface area contributed by atoms with Crippen molar-refractivity contribution in [2.45, 2.75) is 24.7 Å². The van der Waals surface area contributed by atoms with Gasteiger partial charge in [-0.25, -0.2) is 8.42 Å². The molecule has 1 aromatic carbocycles. The number of nitrogen functional groups attached to an aromatic ring is 2. The molecule has 1 heterocycles. The summed E-state index contributed by atoms with van der Waals surface area (Å²) in [4.78, 5) is 0.127. The van der Waals surface area contributed by atoms with Crippen molar-refractivity contribution in [2.24, 2.45) is 0 Å². The first-order valence-electron chi connectivity index (χ1n) is 5.58. The molecule has 1 saturated heterocycles. The normalized spacial score (nSPS) is 17.5. The van der Waals surface area contributed by atoms with Gasteiger partial charge in [0, 0.05) is 18.8 Å². The molecular formula is C11H17N3O2S. The fourth-order valence-corrected chi connectivity index (χ4v) is 3.67. The molecule has 6 heteroatoms. The number of hydrogen-bond acceptors (Lipinski definition) is 4. The Morgan fingerprint density at radius 2 is 1.71 bits per heavy atom. The van der Waals surface area contributed by atoms with Crippen LogP contribution in [0.2, 0.25) is 0 Å². The second-order valence-electron chi connectivity index (χ2n) is 4.36. The molecule has 2 rings (SSSR count). The summed E-state index contributed by atoms with van der Waals surface area (Å²) in [6, 6.07) is 3.07. The Labute approximate surface area is 101 Å². The molecule has 0 aromatic heterocycles. The predicted molar refractivity (Wildman–Crippen MR) is 68.0 cm³/mol. The summed E-state index contributed by atoms with van der Waals surface area (Å²) in [7, 11) is -3.48. The minimum absolute atomic E-state index is 0.127. The predicted octanol–water partition coefficient (Wildman–Crippen LogP) is 0.944. The van der Waals surface area contributed by atoms with Gasteiger partial charge in [-0.3, -0.25) is 0 Å². The number of rotatable bonds is 2. The van der Waals surface area contributed by atoms with E-state index in [4.69, 9.17) is 11.5 Å². The lowest BCUT2D eigenvalue weighted by molar-refractivity contribution is 0.478. The van der Waals surface area contributed by atoms with E-state index in [1.807, 2.05) is 0 Å². The van der Waals surface area contributed by atoms with Crippen molar-refractivity contribution >= 4 is 21.4 Å². The third kappa shape index (κ3) is 2.10. The average Bonchev–Trinajstić information content (AvgIpc) is 2.77. The molecular weight excluding hydrogens is 238 g/mol. The Morgan fingerprint density at radius 3 is 2.29 bits per heavy atom. The van der Waals surface area contributed by atoms with Gasteiger partial charge in [0.05, 0.1) is 5.69 Å². The SMILES string of the molecule is Cc1cc(N)c(S(=O)(=O)N2CCCC2)cc1N. The van der Waals surface area contributed by atoms with Gasteiger partial charge < -0.3 is 11.5 Å². The number of hydrogen-bond donors (Lipinski definition) is 2. The highest BCUT2D eigenvalue weighted by molar-refractivity contribution is 7.89. The highest BCUT2D eigenvalue weighted by atomic mass is 32.2. The standard InChI is InChI=1S/C11H17N3O2S/c1-8-6-10(13)11(7-9(8)12)17(15,16)14-4-2-3-5-14/h6-7H,2-5,12-13H2,1H3. The smallest absolute Gasteiger partial charge is 0.245 e. The molecule has 1 aromatic rings. The minimum atomic E-state index is -3.48. The van der Waals surface area contributed by atoms with E-state index < -0.39 is 10.0 Å². The highest BCUT2D eigenvalue weighted by Crippen LogP contribution is 2.28. The van der Waals surface area contributed by atoms with Gasteiger partial charge in [-0.15, -0.1) is 0 Å². The number of aryl methyl sites for hydroxylation is 1. The summed E-state index contributed by atoms with van der Waals surface area (Å²) in [6.07, 6.45) is 1.81. The van der Waals surface area contributed by atoms with Crippen molar-refractivity contribution in [1.29, 1.82) is 0 Å². The van der Waals surface area contributed by atoms with Crippen LogP contribution in [-0.4, -0.2) is 25.8 Å². The molecule has 4 N–H and O–H groups in total. The van der Waals surface area contributed by atoms with Crippen molar-refractivity contribution < 1.29 is 8.42 Å². The summed E-state index contributed by atoms with van der Waals surface area (Å²) < 4.78 is 26.1. The van der Waals surface area contributed by atoms with Crippen LogP contribution in [0.1, 0.15) is 18.4 Å². The Morgan fingerprint density at radius 1 is 1.12 bits per heavy atom. The molecule has 0 unspecified atom stereocenters. The van der Waals surface area contributed by atoms with Crippen molar-refractivity contribution in [3.63, 3.8) is 0 Å². The molecule has 0 spiro atoms. The van der Waals surface area contributed by atoms with Gasteiger partial charge in [0.2, 0.25) is 10.0 Å². The first-order chi connectivity index (χ1) is 7.93. The maximum absolute atomic E-state index is 12.3. The van der Waals surface area contributed by atoms with Gasteiger partial charge in [-0.05, 0) is 37.5 Å². The van der Waals surface area contributed by atoms with E-state index in [0.29, 0.717) is 18.8 Å². The Bertz CT molecular complexity index is 534. The lowest BCUT2D eigenvalue weighted by Crippen LogP contribution is -2.28. The number of anilines is 2. The molecule has 0 saturated carbocycles. The molecule has 1 fully saturated rings. The molecule has 17 heavy (non-hydrogen) atoms. The third-order valence-electron chi connectivity index (χ3n) is 3.08. The Balaban J connectivity index is 2.49. The first-order valence-corrected chi connectivity index (χ1v) is 7.02. The zero-order chi connectivity index (χ0) is 12.6. The van der Waals surface area contributed by atoms with E-state index in [0.717, 1.165) is 18.4 Å². The second kappa shape index (κ2) is 4.19. The van der Waals surface area contributed by atoms with Crippen LogP contribution in [0.3, 0.4) is 0 Å². The third-order valence-corrected chi connectivity index (χ3v) is 5.04. The Kier molecular flexibility index (Phi) is 3.01. The van der Waals surface area contributed by atoms with Crippen molar-refractivity contribution in [3.05, 3.63) is 17.7 Å². The van der Waals surface area contributed by atoms with Crippen LogP contribution < -0.4 is 11.5 Å². The molecule has 0 atom stereocenters. The van der Waals surface area contributed by atoms with Crippen molar-refractivity contribution in [3.8, 4) is 0 Å². The quantitative estimate of drug-likeness (QED) is 0.770. The van der Waals surface area contributed by atoms with E-state index in [1.54, 1.807) is 13.0 Å². The first kappa shape index (κ1) is 12.2. The zero-order valence-corrected chi connectivity index (χ0v) is 10.6. The molecule has 1 aliphatic rings. The van der Waals surface area contributed by atoms with Crippen LogP contribution in [0.25, 0.3) is 0 Å². The maximum atomic E-state index is 12.3. The summed E-state index contributed by atoms with van der Waals surface area (Å²) in [6.45, 7) is 2.93. The van der Waals surface area contributed by atoms with E-state index in [9.17, 15) is 8.42 Å². The molecule has 0 radical (unpaired) electrons. The lowest BCUT2D eigenvalue weighted by atomic mass is 10.2. The number of nitrogens with zero attached hydrogens (tertiary/aromatic N) is 1. The Hall–Kier alpha value is -1.27. The number of sulfonamides is 1. The van der Waals surface area contributed by atoms with Gasteiger partial charge in [0.25, 0.3) is 0 Å². The zero-order valence-electron chi connectivity index (χ0n) is 9.81. The van der Waals surface area contributed by atoms with E-state index >= 15 is 0 Å². The molecule has 5 nitrogen and oxygen atoms in total. The van der Waals surface area contributed by atoms with E-state index in [2.05, 4.69) is 0 Å². The fourth-order valence-electron chi connectivity index (χ4n) is 2.02. The van der Waals surface area contributed by atoms with E-state index in [1.165, 1.54) is 10.4 Å². The summed E-state index contributed by atoms with van der Waals surface area (Å²) >= 11 is 0. The highest BCUT2D eigenvalue weighted by Gasteiger charge is 2.29. The summed E-state index contributed by atoms with van der Waals surface area (Å²) in [5.41, 5.74) is 13.0. The topological polar surface area (TPSA) is 89.4 Å². The summed E-state index contributed by atoms with van der Waals surface area (Å²) in [5.74, 6) is 0. The van der Waals surface area contributed by atoms with Crippen molar-refractivity contribution in [1.82, 2.24) is 4.31 Å². The number of nitrogens with two attached hydrogens (primary N) is 2. The van der Waals surface area contributed by atoms with Crippen LogP contribution in [0.5, 0.6) is 0 Å². The average molecular weight is 255 g/mol. The van der Waals surface area contributed by atoms with Crippen LogP contribution in [0.4, 0.5) is 11.4 Å². The largest absolute Gasteiger partial charge is 0.398 e.